The van der Waals surface area contributed by atoms with Gasteiger partial charge in [-0.25, -0.2) is 9.97 Å². The number of hydrogen-bond donors (Lipinski definition) is 1. The third-order valence-corrected chi connectivity index (χ3v) is 3.69. The lowest BCUT2D eigenvalue weighted by atomic mass is 9.97. The highest BCUT2D eigenvalue weighted by molar-refractivity contribution is 5.34. The first-order valence-electron chi connectivity index (χ1n) is 6.65. The zero-order valence-corrected chi connectivity index (χ0v) is 11.4. The van der Waals surface area contributed by atoms with Crippen LogP contribution in [0.5, 0.6) is 5.88 Å². The molecule has 106 valence electrons. The first-order valence-corrected chi connectivity index (χ1v) is 6.65. The summed E-state index contributed by atoms with van der Waals surface area (Å²) in [5.41, 5.74) is 8.26. The van der Waals surface area contributed by atoms with Gasteiger partial charge in [0.1, 0.15) is 0 Å². The molecule has 3 rings (SSSR count). The minimum Gasteiger partial charge on any atom is -0.481 e. The molecule has 2 unspecified atom stereocenters. The predicted molar refractivity (Wildman–Crippen MR) is 73.8 cm³/mol. The molecule has 1 fully saturated rings. The molecule has 0 spiro atoms. The Labute approximate surface area is 117 Å². The summed E-state index contributed by atoms with van der Waals surface area (Å²) in [6.45, 7) is 1.50. The van der Waals surface area contributed by atoms with Crippen LogP contribution in [0.3, 0.4) is 0 Å². The second kappa shape index (κ2) is 5.60. The van der Waals surface area contributed by atoms with Crippen LogP contribution in [0, 0.1) is 5.92 Å². The Morgan fingerprint density at radius 3 is 3.00 bits per heavy atom. The van der Waals surface area contributed by atoms with E-state index in [1.807, 2.05) is 22.9 Å². The minimum atomic E-state index is -0.0814. The van der Waals surface area contributed by atoms with E-state index in [1.54, 1.807) is 19.6 Å². The fourth-order valence-electron chi connectivity index (χ4n) is 2.48. The van der Waals surface area contributed by atoms with Gasteiger partial charge in [0, 0.05) is 18.6 Å². The quantitative estimate of drug-likeness (QED) is 0.910. The molecule has 20 heavy (non-hydrogen) atoms. The fourth-order valence-corrected chi connectivity index (χ4v) is 2.48. The summed E-state index contributed by atoms with van der Waals surface area (Å²) in [6, 6.07) is 3.68. The van der Waals surface area contributed by atoms with E-state index in [0.717, 1.165) is 24.4 Å². The number of aromatic nitrogens is 3. The standard InChI is InChI=1S/C14H18N4O2/c1-19-13-3-2-11(6-17-13)18-9-16-7-12(18)14(15)10-4-5-20-8-10/h2-3,6-7,9-10,14H,4-5,8,15H2,1H3. The maximum atomic E-state index is 6.35. The molecule has 1 saturated heterocycles. The molecule has 0 bridgehead atoms. The van der Waals surface area contributed by atoms with Gasteiger partial charge in [-0.2, -0.15) is 0 Å². The average molecular weight is 274 g/mol. The van der Waals surface area contributed by atoms with E-state index in [-0.39, 0.29) is 6.04 Å². The Hall–Kier alpha value is -1.92. The molecule has 0 aliphatic carbocycles. The van der Waals surface area contributed by atoms with Crippen molar-refractivity contribution in [3.63, 3.8) is 0 Å². The molecule has 2 aromatic heterocycles. The molecular weight excluding hydrogens is 256 g/mol. The molecule has 3 heterocycles. The lowest BCUT2D eigenvalue weighted by Crippen LogP contribution is -2.24. The van der Waals surface area contributed by atoms with Gasteiger partial charge in [-0.15, -0.1) is 0 Å². The van der Waals surface area contributed by atoms with Crippen molar-refractivity contribution in [2.45, 2.75) is 12.5 Å². The van der Waals surface area contributed by atoms with Crippen molar-refractivity contribution in [2.75, 3.05) is 20.3 Å². The van der Waals surface area contributed by atoms with Crippen molar-refractivity contribution < 1.29 is 9.47 Å². The third-order valence-electron chi connectivity index (χ3n) is 3.69. The van der Waals surface area contributed by atoms with Crippen LogP contribution >= 0.6 is 0 Å². The van der Waals surface area contributed by atoms with Crippen molar-refractivity contribution in [3.8, 4) is 11.6 Å². The van der Waals surface area contributed by atoms with Crippen LogP contribution < -0.4 is 10.5 Å². The van der Waals surface area contributed by atoms with Crippen molar-refractivity contribution in [1.29, 1.82) is 0 Å². The molecule has 2 aromatic rings. The summed E-state index contributed by atoms with van der Waals surface area (Å²) in [5, 5.41) is 0. The highest BCUT2D eigenvalue weighted by atomic mass is 16.5. The summed E-state index contributed by atoms with van der Waals surface area (Å²) < 4.78 is 12.4. The van der Waals surface area contributed by atoms with Gasteiger partial charge in [0.2, 0.25) is 5.88 Å². The van der Waals surface area contributed by atoms with Gasteiger partial charge < -0.3 is 19.8 Å². The van der Waals surface area contributed by atoms with Crippen LogP contribution in [0.15, 0.2) is 30.9 Å². The molecule has 0 amide bonds. The van der Waals surface area contributed by atoms with E-state index in [9.17, 15) is 0 Å². The molecule has 2 N–H and O–H groups in total. The van der Waals surface area contributed by atoms with Gasteiger partial charge in [0.05, 0.1) is 49.9 Å². The lowest BCUT2D eigenvalue weighted by molar-refractivity contribution is 0.180. The van der Waals surface area contributed by atoms with Crippen molar-refractivity contribution in [1.82, 2.24) is 14.5 Å². The first kappa shape index (κ1) is 13.1. The molecule has 0 saturated carbocycles. The number of nitrogens with two attached hydrogens (primary N) is 1. The molecule has 1 aliphatic rings. The summed E-state index contributed by atoms with van der Waals surface area (Å²) in [6.07, 6.45) is 6.32. The summed E-state index contributed by atoms with van der Waals surface area (Å²) in [4.78, 5) is 8.43. The Bertz CT molecular complexity index is 561. The monoisotopic (exact) mass is 274 g/mol. The van der Waals surface area contributed by atoms with E-state index in [1.165, 1.54) is 0 Å². The second-order valence-electron chi connectivity index (χ2n) is 4.90. The fraction of sp³-hybridized carbons (Fsp3) is 0.429. The van der Waals surface area contributed by atoms with Crippen LogP contribution in [0.4, 0.5) is 0 Å². The summed E-state index contributed by atoms with van der Waals surface area (Å²) >= 11 is 0. The van der Waals surface area contributed by atoms with E-state index >= 15 is 0 Å². The van der Waals surface area contributed by atoms with Crippen molar-refractivity contribution >= 4 is 0 Å². The zero-order valence-electron chi connectivity index (χ0n) is 11.4. The largest absolute Gasteiger partial charge is 0.481 e. The van der Waals surface area contributed by atoms with Gasteiger partial charge in [-0.1, -0.05) is 0 Å². The van der Waals surface area contributed by atoms with E-state index in [4.69, 9.17) is 15.2 Å². The lowest BCUT2D eigenvalue weighted by Gasteiger charge is -2.19. The highest BCUT2D eigenvalue weighted by Crippen LogP contribution is 2.28. The van der Waals surface area contributed by atoms with E-state index in [0.29, 0.717) is 18.4 Å². The van der Waals surface area contributed by atoms with Gasteiger partial charge in [-0.05, 0) is 12.5 Å². The number of ether oxygens (including phenoxy) is 2. The van der Waals surface area contributed by atoms with Crippen LogP contribution in [0.2, 0.25) is 0 Å². The van der Waals surface area contributed by atoms with Crippen LogP contribution in [0.1, 0.15) is 18.2 Å². The number of hydrogen-bond acceptors (Lipinski definition) is 5. The van der Waals surface area contributed by atoms with Gasteiger partial charge in [0.15, 0.2) is 0 Å². The molecule has 0 radical (unpaired) electrons. The molecular formula is C14H18N4O2. The Kier molecular flexibility index (Phi) is 3.66. The topological polar surface area (TPSA) is 75.2 Å². The molecule has 1 aliphatic heterocycles. The van der Waals surface area contributed by atoms with Crippen LogP contribution in [-0.2, 0) is 4.74 Å². The number of imidazole rings is 1. The molecule has 2 atom stereocenters. The zero-order chi connectivity index (χ0) is 13.9. The maximum Gasteiger partial charge on any atom is 0.213 e. The Morgan fingerprint density at radius 1 is 1.45 bits per heavy atom. The normalized spacial score (nSPS) is 20.0. The Balaban J connectivity index is 1.88. The SMILES string of the molecule is COc1ccc(-n2cncc2C(N)C2CCOC2)cn1. The number of rotatable bonds is 4. The first-order chi connectivity index (χ1) is 9.79. The van der Waals surface area contributed by atoms with Crippen molar-refractivity contribution in [2.24, 2.45) is 11.7 Å². The van der Waals surface area contributed by atoms with Gasteiger partial charge in [0.25, 0.3) is 0 Å². The highest BCUT2D eigenvalue weighted by Gasteiger charge is 2.26. The Morgan fingerprint density at radius 2 is 2.35 bits per heavy atom. The maximum absolute atomic E-state index is 6.35. The predicted octanol–water partition coefficient (Wildman–Crippen LogP) is 1.31. The average Bonchev–Trinajstić information content (AvgIpc) is 3.18. The number of pyridine rings is 1. The summed E-state index contributed by atoms with van der Waals surface area (Å²) in [7, 11) is 1.60. The number of methoxy groups -OCH3 is 1. The van der Waals surface area contributed by atoms with Gasteiger partial charge in [-0.3, -0.25) is 0 Å². The smallest absolute Gasteiger partial charge is 0.213 e. The van der Waals surface area contributed by atoms with Crippen LogP contribution in [0.25, 0.3) is 5.69 Å². The molecule has 6 heteroatoms. The molecule has 6 nitrogen and oxygen atoms in total. The third kappa shape index (κ3) is 2.39. The minimum absolute atomic E-state index is 0.0814. The molecule has 0 aromatic carbocycles. The van der Waals surface area contributed by atoms with Crippen LogP contribution in [-0.4, -0.2) is 34.9 Å². The van der Waals surface area contributed by atoms with E-state index < -0.39 is 0 Å². The summed E-state index contributed by atoms with van der Waals surface area (Å²) in [5.74, 6) is 0.931. The van der Waals surface area contributed by atoms with E-state index in [2.05, 4.69) is 9.97 Å². The van der Waals surface area contributed by atoms with Gasteiger partial charge >= 0.3 is 0 Å². The second-order valence-corrected chi connectivity index (χ2v) is 4.90. The van der Waals surface area contributed by atoms with Crippen molar-refractivity contribution in [3.05, 3.63) is 36.5 Å². The number of nitrogens with zero attached hydrogens (tertiary/aromatic N) is 3.